The molecule has 0 radical (unpaired) electrons. The van der Waals surface area contributed by atoms with Crippen LogP contribution in [0.2, 0.25) is 0 Å². The van der Waals surface area contributed by atoms with Crippen molar-refractivity contribution in [1.82, 2.24) is 4.90 Å². The van der Waals surface area contributed by atoms with E-state index in [-0.39, 0.29) is 30.5 Å². The standard InChI is InChI=1S/C21H13F15INO2/c22-15(23,16(24,25)17(26,27)18(28,29)19(30,31)20(32,33)21(34,35)36)9-10(37)5-3-4-8-38-13(39)11-6-1-2-7-12(11)14(38)40/h1-2,6-7,9H,3-5,8H2. The average molecular weight is 723 g/mol. The highest BCUT2D eigenvalue weighted by Crippen LogP contribution is 2.62. The fourth-order valence-corrected chi connectivity index (χ4v) is 4.12. The number of nitrogens with zero attached hydrogens (tertiary/aromatic N) is 1. The number of fused-ring (bicyclic) bond motifs is 1. The van der Waals surface area contributed by atoms with E-state index in [4.69, 9.17) is 0 Å². The molecular formula is C21H13F15INO2. The first-order valence-corrected chi connectivity index (χ1v) is 11.5. The van der Waals surface area contributed by atoms with Gasteiger partial charge in [-0.1, -0.05) is 12.1 Å². The molecule has 0 aromatic heterocycles. The van der Waals surface area contributed by atoms with Gasteiger partial charge in [-0.3, -0.25) is 14.5 Å². The van der Waals surface area contributed by atoms with Gasteiger partial charge in [0.05, 0.1) is 11.1 Å². The lowest BCUT2D eigenvalue weighted by molar-refractivity contribution is -0.449. The summed E-state index contributed by atoms with van der Waals surface area (Å²) >= 11 is 0.843. The maximum atomic E-state index is 14.0. The molecule has 0 saturated carbocycles. The minimum Gasteiger partial charge on any atom is -0.274 e. The maximum Gasteiger partial charge on any atom is 0.460 e. The molecule has 1 heterocycles. The van der Waals surface area contributed by atoms with Crippen molar-refractivity contribution >= 4 is 34.4 Å². The van der Waals surface area contributed by atoms with E-state index >= 15 is 0 Å². The van der Waals surface area contributed by atoms with Gasteiger partial charge in [-0.05, 0) is 57.6 Å². The van der Waals surface area contributed by atoms with Crippen molar-refractivity contribution in [3.8, 4) is 0 Å². The van der Waals surface area contributed by atoms with E-state index in [1.807, 2.05) is 0 Å². The van der Waals surface area contributed by atoms with Crippen molar-refractivity contribution in [3.63, 3.8) is 0 Å². The third-order valence-corrected chi connectivity index (χ3v) is 6.47. The Bertz CT molecular complexity index is 1140. The van der Waals surface area contributed by atoms with Crippen LogP contribution in [0.5, 0.6) is 0 Å². The van der Waals surface area contributed by atoms with Gasteiger partial charge in [0, 0.05) is 12.6 Å². The highest BCUT2D eigenvalue weighted by molar-refractivity contribution is 14.1. The number of hydrogen-bond donors (Lipinski definition) is 0. The molecule has 40 heavy (non-hydrogen) atoms. The second-order valence-corrected chi connectivity index (χ2v) is 9.73. The van der Waals surface area contributed by atoms with E-state index in [0.29, 0.717) is 0 Å². The molecule has 1 aliphatic heterocycles. The number of carbonyl (C=O) groups excluding carboxylic acids is 2. The Morgan fingerprint density at radius 2 is 1.05 bits per heavy atom. The van der Waals surface area contributed by atoms with Crippen LogP contribution in [0.1, 0.15) is 40.0 Å². The van der Waals surface area contributed by atoms with Gasteiger partial charge in [0.2, 0.25) is 0 Å². The fourth-order valence-electron chi connectivity index (χ4n) is 3.34. The van der Waals surface area contributed by atoms with Crippen molar-refractivity contribution in [2.45, 2.75) is 61.0 Å². The van der Waals surface area contributed by atoms with E-state index in [2.05, 4.69) is 0 Å². The molecule has 0 fully saturated rings. The predicted molar refractivity (Wildman–Crippen MR) is 114 cm³/mol. The summed E-state index contributed by atoms with van der Waals surface area (Å²) in [4.78, 5) is 25.2. The van der Waals surface area contributed by atoms with Gasteiger partial charge in [-0.2, -0.15) is 65.9 Å². The monoisotopic (exact) mass is 723 g/mol. The number of halogens is 16. The van der Waals surface area contributed by atoms with Crippen LogP contribution in [-0.4, -0.2) is 65.0 Å². The lowest BCUT2D eigenvalue weighted by Crippen LogP contribution is -2.72. The van der Waals surface area contributed by atoms with Crippen LogP contribution in [0.3, 0.4) is 0 Å². The molecule has 0 spiro atoms. The fraction of sp³-hybridized carbons (Fsp3) is 0.524. The zero-order valence-corrected chi connectivity index (χ0v) is 21.2. The van der Waals surface area contributed by atoms with Crippen molar-refractivity contribution in [2.24, 2.45) is 0 Å². The lowest BCUT2D eigenvalue weighted by Gasteiger charge is -2.41. The number of hydrogen-bond acceptors (Lipinski definition) is 2. The third-order valence-electron chi connectivity index (χ3n) is 5.62. The van der Waals surface area contributed by atoms with Gasteiger partial charge in [0.25, 0.3) is 11.8 Å². The molecule has 0 aliphatic carbocycles. The Balaban J connectivity index is 2.17. The van der Waals surface area contributed by atoms with Gasteiger partial charge in [0.15, 0.2) is 0 Å². The molecular weight excluding hydrogens is 710 g/mol. The topological polar surface area (TPSA) is 37.4 Å². The highest BCUT2D eigenvalue weighted by atomic mass is 127. The van der Waals surface area contributed by atoms with Gasteiger partial charge >= 0.3 is 41.7 Å². The van der Waals surface area contributed by atoms with Crippen molar-refractivity contribution < 1.29 is 75.4 Å². The number of benzene rings is 1. The molecule has 0 N–H and O–H groups in total. The number of imide groups is 1. The van der Waals surface area contributed by atoms with E-state index in [1.54, 1.807) is 0 Å². The minimum atomic E-state index is -8.34. The average Bonchev–Trinajstić information content (AvgIpc) is 3.05. The largest absolute Gasteiger partial charge is 0.460 e. The predicted octanol–water partition coefficient (Wildman–Crippen LogP) is 8.15. The summed E-state index contributed by atoms with van der Waals surface area (Å²) in [6.07, 6.45) is -9.93. The first kappa shape index (κ1) is 34.0. The van der Waals surface area contributed by atoms with E-state index < -0.39 is 69.6 Å². The van der Waals surface area contributed by atoms with Crippen LogP contribution in [0.4, 0.5) is 65.9 Å². The summed E-state index contributed by atoms with van der Waals surface area (Å²) in [5, 5.41) is 0. The lowest BCUT2D eigenvalue weighted by atomic mass is 9.91. The number of unbranched alkanes of at least 4 members (excludes halogenated alkanes) is 1. The molecule has 2 rings (SSSR count). The quantitative estimate of drug-likeness (QED) is 0.100. The van der Waals surface area contributed by atoms with Gasteiger partial charge in [0.1, 0.15) is 0 Å². The zero-order valence-electron chi connectivity index (χ0n) is 19.0. The van der Waals surface area contributed by atoms with Gasteiger partial charge < -0.3 is 0 Å². The number of carbonyl (C=O) groups is 2. The number of alkyl halides is 15. The molecule has 226 valence electrons. The molecule has 1 aromatic carbocycles. The Morgan fingerprint density at radius 3 is 1.48 bits per heavy atom. The molecule has 0 unspecified atom stereocenters. The van der Waals surface area contributed by atoms with Gasteiger partial charge in [-0.25, -0.2) is 0 Å². The van der Waals surface area contributed by atoms with Crippen LogP contribution >= 0.6 is 22.6 Å². The highest BCUT2D eigenvalue weighted by Gasteiger charge is 2.93. The molecule has 19 heteroatoms. The molecule has 1 aliphatic rings. The number of amides is 2. The van der Waals surface area contributed by atoms with Gasteiger partial charge in [-0.15, -0.1) is 0 Å². The zero-order chi connectivity index (χ0) is 31.3. The summed E-state index contributed by atoms with van der Waals surface area (Å²) in [6.45, 7) is -0.324. The summed E-state index contributed by atoms with van der Waals surface area (Å²) in [7, 11) is 0. The SMILES string of the molecule is O=C1c2ccccc2C(=O)N1CCCCC(I)=CC(F)(F)C(F)(F)C(F)(F)C(F)(F)C(F)(F)C(F)(F)C(F)(F)F. The second-order valence-electron chi connectivity index (χ2n) is 8.35. The molecule has 0 atom stereocenters. The molecule has 0 saturated heterocycles. The van der Waals surface area contributed by atoms with Crippen molar-refractivity contribution in [2.75, 3.05) is 6.54 Å². The Labute approximate surface area is 227 Å². The smallest absolute Gasteiger partial charge is 0.274 e. The summed E-state index contributed by atoms with van der Waals surface area (Å²) in [6, 6.07) is 5.59. The molecule has 1 aromatic rings. The van der Waals surface area contributed by atoms with E-state index in [9.17, 15) is 75.4 Å². The van der Waals surface area contributed by atoms with Crippen molar-refractivity contribution in [1.29, 1.82) is 0 Å². The summed E-state index contributed by atoms with van der Waals surface area (Å²) in [5.74, 6) is -48.3. The second kappa shape index (κ2) is 10.6. The maximum absolute atomic E-state index is 14.0. The summed E-state index contributed by atoms with van der Waals surface area (Å²) < 4.78 is 198. The number of allylic oxidation sites excluding steroid dienone is 2. The molecule has 0 bridgehead atoms. The Kier molecular flexibility index (Phi) is 8.97. The Morgan fingerprint density at radius 1 is 0.650 bits per heavy atom. The molecule has 2 amide bonds. The van der Waals surface area contributed by atoms with Crippen LogP contribution in [0.25, 0.3) is 0 Å². The van der Waals surface area contributed by atoms with Crippen LogP contribution in [0, 0.1) is 0 Å². The van der Waals surface area contributed by atoms with Crippen LogP contribution in [0.15, 0.2) is 33.9 Å². The third kappa shape index (κ3) is 5.25. The van der Waals surface area contributed by atoms with Crippen LogP contribution < -0.4 is 0 Å². The summed E-state index contributed by atoms with van der Waals surface area (Å²) in [5.41, 5.74) is 0.111. The van der Waals surface area contributed by atoms with Crippen molar-refractivity contribution in [3.05, 3.63) is 45.0 Å². The van der Waals surface area contributed by atoms with Crippen LogP contribution in [-0.2, 0) is 0 Å². The Hall–Kier alpha value is -2.22. The first-order valence-electron chi connectivity index (χ1n) is 10.5. The normalized spacial score (nSPS) is 16.6. The van der Waals surface area contributed by atoms with E-state index in [1.165, 1.54) is 24.3 Å². The molecule has 3 nitrogen and oxygen atoms in total. The first-order chi connectivity index (χ1) is 17.8. The number of rotatable bonds is 11. The van der Waals surface area contributed by atoms with E-state index in [0.717, 1.165) is 27.5 Å². The minimum absolute atomic E-state index is 0.0557.